The summed E-state index contributed by atoms with van der Waals surface area (Å²) in [7, 11) is 0. The number of nitrogens with zero attached hydrogens (tertiary/aromatic N) is 3. The molecule has 0 spiro atoms. The molecule has 160 valence electrons. The molecule has 0 bridgehead atoms. The Bertz CT molecular complexity index is 760. The van der Waals surface area contributed by atoms with Crippen molar-refractivity contribution in [3.8, 4) is 0 Å². The molecule has 5 rings (SSSR count). The van der Waals surface area contributed by atoms with Crippen molar-refractivity contribution in [3.05, 3.63) is 12.4 Å². The fourth-order valence-corrected chi connectivity index (χ4v) is 8.70. The molecule has 0 unspecified atom stereocenters. The molecule has 5 heteroatoms. The zero-order chi connectivity index (χ0) is 20.4. The Balaban J connectivity index is 1.36. The molecule has 1 aromatic heterocycles. The van der Waals surface area contributed by atoms with Gasteiger partial charge in [0.25, 0.3) is 0 Å². The van der Waals surface area contributed by atoms with Crippen LogP contribution in [-0.4, -0.2) is 31.5 Å². The molecule has 0 saturated heterocycles. The summed E-state index contributed by atoms with van der Waals surface area (Å²) in [6, 6.07) is 0. The minimum absolute atomic E-state index is 0.137. The number of carbonyl (C=O) groups excluding carboxylic acids is 1. The Kier molecular flexibility index (Phi) is 4.69. The van der Waals surface area contributed by atoms with Crippen molar-refractivity contribution in [1.82, 2.24) is 15.0 Å². The van der Waals surface area contributed by atoms with Gasteiger partial charge in [-0.05, 0) is 99.2 Å². The summed E-state index contributed by atoms with van der Waals surface area (Å²) < 4.78 is 0. The fourth-order valence-electron chi connectivity index (χ4n) is 8.70. The van der Waals surface area contributed by atoms with Gasteiger partial charge in [-0.1, -0.05) is 13.8 Å². The Morgan fingerprint density at radius 1 is 1.07 bits per heavy atom. The smallest absolute Gasteiger partial charge is 0.159 e. The Morgan fingerprint density at radius 2 is 1.79 bits per heavy atom. The second-order valence-electron chi connectivity index (χ2n) is 11.4. The fraction of sp³-hybridized carbons (Fsp3) is 0.875. The lowest BCUT2D eigenvalue weighted by molar-refractivity contribution is -0.134. The first-order valence-electron chi connectivity index (χ1n) is 11.9. The molecular weight excluding hydrogens is 362 g/mol. The number of hydrogen-bond acceptors (Lipinski definition) is 4. The first kappa shape index (κ1) is 19.7. The molecule has 9 atom stereocenters. The van der Waals surface area contributed by atoms with Crippen molar-refractivity contribution in [2.45, 2.75) is 84.3 Å². The van der Waals surface area contributed by atoms with Crippen molar-refractivity contribution in [3.63, 3.8) is 0 Å². The molecular formula is C24H37N3O2. The van der Waals surface area contributed by atoms with E-state index in [1.165, 1.54) is 32.1 Å². The van der Waals surface area contributed by atoms with E-state index in [0.29, 0.717) is 30.1 Å². The van der Waals surface area contributed by atoms with Crippen molar-refractivity contribution < 1.29 is 9.90 Å². The Labute approximate surface area is 174 Å². The quantitative estimate of drug-likeness (QED) is 0.830. The molecule has 0 amide bonds. The van der Waals surface area contributed by atoms with Gasteiger partial charge in [-0.3, -0.25) is 4.79 Å². The number of fused-ring (bicyclic) bond motifs is 5. The monoisotopic (exact) mass is 399 g/mol. The van der Waals surface area contributed by atoms with Gasteiger partial charge in [-0.15, -0.1) is 0 Å². The third-order valence-corrected chi connectivity index (χ3v) is 9.70. The van der Waals surface area contributed by atoms with Gasteiger partial charge in [0, 0.05) is 5.92 Å². The van der Waals surface area contributed by atoms with E-state index in [1.54, 1.807) is 17.2 Å². The largest absolute Gasteiger partial charge is 0.390 e. The molecule has 0 aliphatic heterocycles. The van der Waals surface area contributed by atoms with E-state index in [-0.39, 0.29) is 11.3 Å². The third-order valence-electron chi connectivity index (χ3n) is 9.70. The second kappa shape index (κ2) is 6.90. The standard InChI is InChI=1S/C24H37N3O2/c1-15-12-20(21(28)14-27-25-10-11-26-27)24(3)9-7-18-17-6-8-23(2,29)13-16(17)4-5-19(18)22(15)24/h10-11,15-20,22,29H,4-9,12-14H2,1-3H3/t15-,16-,17+,18-,19-,20-,22+,23-,24-/m1/s1. The maximum atomic E-state index is 13.2. The van der Waals surface area contributed by atoms with Gasteiger partial charge in [0.15, 0.2) is 5.78 Å². The van der Waals surface area contributed by atoms with E-state index in [2.05, 4.69) is 24.0 Å². The summed E-state index contributed by atoms with van der Waals surface area (Å²) in [5, 5.41) is 18.9. The molecule has 4 aliphatic rings. The third kappa shape index (κ3) is 3.19. The molecule has 29 heavy (non-hydrogen) atoms. The van der Waals surface area contributed by atoms with Crippen LogP contribution in [-0.2, 0) is 11.3 Å². The lowest BCUT2D eigenvalue weighted by Gasteiger charge is -2.57. The normalized spacial score (nSPS) is 49.2. The van der Waals surface area contributed by atoms with Crippen molar-refractivity contribution in [2.75, 3.05) is 0 Å². The lowest BCUT2D eigenvalue weighted by Crippen LogP contribution is -2.51. The molecule has 1 aromatic rings. The van der Waals surface area contributed by atoms with Gasteiger partial charge in [0.1, 0.15) is 6.54 Å². The van der Waals surface area contributed by atoms with Gasteiger partial charge in [0.2, 0.25) is 0 Å². The molecule has 4 aliphatic carbocycles. The number of Topliss-reactive ketones (excluding diaryl/α,β-unsaturated/α-hetero) is 1. The number of aromatic nitrogens is 3. The lowest BCUT2D eigenvalue weighted by atomic mass is 9.48. The van der Waals surface area contributed by atoms with E-state index < -0.39 is 5.60 Å². The molecule has 1 N–H and O–H groups in total. The van der Waals surface area contributed by atoms with Gasteiger partial charge >= 0.3 is 0 Å². The maximum Gasteiger partial charge on any atom is 0.159 e. The Morgan fingerprint density at radius 3 is 2.55 bits per heavy atom. The van der Waals surface area contributed by atoms with Crippen LogP contribution in [0.1, 0.15) is 72.1 Å². The van der Waals surface area contributed by atoms with Crippen LogP contribution in [0.4, 0.5) is 0 Å². The molecule has 0 radical (unpaired) electrons. The average molecular weight is 400 g/mol. The highest BCUT2D eigenvalue weighted by Crippen LogP contribution is 2.66. The van der Waals surface area contributed by atoms with E-state index >= 15 is 0 Å². The molecule has 5 nitrogen and oxygen atoms in total. The average Bonchev–Trinajstić information content (AvgIpc) is 3.26. The minimum atomic E-state index is -0.449. The van der Waals surface area contributed by atoms with E-state index in [0.717, 1.165) is 37.0 Å². The van der Waals surface area contributed by atoms with E-state index in [1.807, 2.05) is 6.92 Å². The molecule has 4 saturated carbocycles. The summed E-state index contributed by atoms with van der Waals surface area (Å²) in [4.78, 5) is 14.8. The van der Waals surface area contributed by atoms with Crippen molar-refractivity contribution in [1.29, 1.82) is 0 Å². The summed E-state index contributed by atoms with van der Waals surface area (Å²) >= 11 is 0. The van der Waals surface area contributed by atoms with Crippen LogP contribution >= 0.6 is 0 Å². The predicted molar refractivity (Wildman–Crippen MR) is 111 cm³/mol. The predicted octanol–water partition coefficient (Wildman–Crippen LogP) is 4.11. The summed E-state index contributed by atoms with van der Waals surface area (Å²) in [6.07, 6.45) is 12.5. The van der Waals surface area contributed by atoms with Crippen LogP contribution in [0.2, 0.25) is 0 Å². The maximum absolute atomic E-state index is 13.2. The van der Waals surface area contributed by atoms with Gasteiger partial charge in [0.05, 0.1) is 18.0 Å². The summed E-state index contributed by atoms with van der Waals surface area (Å²) in [5.41, 5.74) is -0.312. The topological polar surface area (TPSA) is 68.0 Å². The van der Waals surface area contributed by atoms with E-state index in [9.17, 15) is 9.90 Å². The van der Waals surface area contributed by atoms with Crippen LogP contribution in [0, 0.1) is 46.8 Å². The van der Waals surface area contributed by atoms with Crippen LogP contribution in [0.5, 0.6) is 0 Å². The molecule has 1 heterocycles. The van der Waals surface area contributed by atoms with Gasteiger partial charge in [-0.2, -0.15) is 15.0 Å². The van der Waals surface area contributed by atoms with Crippen molar-refractivity contribution >= 4 is 5.78 Å². The highest BCUT2D eigenvalue weighted by Gasteiger charge is 2.61. The zero-order valence-electron chi connectivity index (χ0n) is 18.3. The Hall–Kier alpha value is -1.23. The highest BCUT2D eigenvalue weighted by atomic mass is 16.3. The molecule has 0 aromatic carbocycles. The van der Waals surface area contributed by atoms with Crippen LogP contribution in [0.15, 0.2) is 12.4 Å². The summed E-state index contributed by atoms with van der Waals surface area (Å²) in [5.74, 6) is 4.87. The number of rotatable bonds is 3. The number of aliphatic hydroxyl groups is 1. The van der Waals surface area contributed by atoms with Gasteiger partial charge in [-0.25, -0.2) is 0 Å². The number of ketones is 1. The second-order valence-corrected chi connectivity index (χ2v) is 11.4. The first-order valence-corrected chi connectivity index (χ1v) is 11.9. The number of carbonyl (C=O) groups is 1. The van der Waals surface area contributed by atoms with Crippen LogP contribution in [0.25, 0.3) is 0 Å². The zero-order valence-corrected chi connectivity index (χ0v) is 18.3. The molecule has 4 fully saturated rings. The van der Waals surface area contributed by atoms with Crippen LogP contribution < -0.4 is 0 Å². The van der Waals surface area contributed by atoms with Gasteiger partial charge < -0.3 is 5.11 Å². The van der Waals surface area contributed by atoms with Crippen LogP contribution in [0.3, 0.4) is 0 Å². The van der Waals surface area contributed by atoms with Crippen molar-refractivity contribution in [2.24, 2.45) is 46.8 Å². The SMILES string of the molecule is C[C@@H]1C[C@H](C(=O)Cn2nccn2)[C@@]2(C)CC[C@H]3[C@@H](CC[C@@H]4C[C@](C)(O)CC[C@@H]43)[C@H]12. The first-order chi connectivity index (χ1) is 13.8. The minimum Gasteiger partial charge on any atom is -0.390 e. The van der Waals surface area contributed by atoms with E-state index in [4.69, 9.17) is 0 Å². The summed E-state index contributed by atoms with van der Waals surface area (Å²) in [6.45, 7) is 7.19. The highest BCUT2D eigenvalue weighted by molar-refractivity contribution is 5.82. The number of hydrogen-bond donors (Lipinski definition) is 1.